The van der Waals surface area contributed by atoms with E-state index >= 15 is 0 Å². The van der Waals surface area contributed by atoms with Crippen molar-refractivity contribution in [3.8, 4) is 6.07 Å². The monoisotopic (exact) mass is 216 g/mol. The molecule has 0 saturated carbocycles. The summed E-state index contributed by atoms with van der Waals surface area (Å²) in [5.74, 6) is 0.867. The van der Waals surface area contributed by atoms with Gasteiger partial charge in [0, 0.05) is 12.2 Å². The molecule has 1 fully saturated rings. The molecule has 0 spiro atoms. The van der Waals surface area contributed by atoms with Crippen molar-refractivity contribution in [1.82, 2.24) is 10.3 Å². The van der Waals surface area contributed by atoms with E-state index in [9.17, 15) is 0 Å². The summed E-state index contributed by atoms with van der Waals surface area (Å²) in [5.41, 5.74) is 0.605. The Morgan fingerprint density at radius 2 is 2.31 bits per heavy atom. The van der Waals surface area contributed by atoms with Crippen LogP contribution in [0, 0.1) is 11.3 Å². The predicted molar refractivity (Wildman–Crippen MR) is 63.1 cm³/mol. The largest absolute Gasteiger partial charge is 0.367 e. The number of hydrogen-bond donors (Lipinski definition) is 2. The molecule has 1 aliphatic rings. The van der Waals surface area contributed by atoms with Crippen LogP contribution in [0.2, 0.25) is 0 Å². The van der Waals surface area contributed by atoms with Crippen molar-refractivity contribution in [2.45, 2.75) is 25.3 Å². The first-order valence-electron chi connectivity index (χ1n) is 5.72. The molecular weight excluding hydrogens is 200 g/mol. The number of nitrogens with zero attached hydrogens (tertiary/aromatic N) is 2. The van der Waals surface area contributed by atoms with Gasteiger partial charge in [0.15, 0.2) is 0 Å². The van der Waals surface area contributed by atoms with Crippen LogP contribution >= 0.6 is 0 Å². The third-order valence-corrected chi connectivity index (χ3v) is 2.82. The lowest BCUT2D eigenvalue weighted by atomic mass is 10.1. The van der Waals surface area contributed by atoms with Gasteiger partial charge in [-0.25, -0.2) is 4.98 Å². The minimum atomic E-state index is 0.496. The molecule has 1 atom stereocenters. The normalized spacial score (nSPS) is 20.8. The molecule has 1 saturated heterocycles. The third kappa shape index (κ3) is 2.94. The Hall–Kier alpha value is -1.60. The first-order valence-corrected chi connectivity index (χ1v) is 5.72. The van der Waals surface area contributed by atoms with Crippen LogP contribution in [0.5, 0.6) is 0 Å². The average Bonchev–Trinajstić information content (AvgIpc) is 2.59. The van der Waals surface area contributed by atoms with E-state index in [-0.39, 0.29) is 0 Å². The van der Waals surface area contributed by atoms with Gasteiger partial charge in [-0.15, -0.1) is 0 Å². The predicted octanol–water partition coefficient (Wildman–Crippen LogP) is 1.51. The fraction of sp³-hybridized carbons (Fsp3) is 0.500. The molecule has 2 rings (SSSR count). The topological polar surface area (TPSA) is 60.7 Å². The van der Waals surface area contributed by atoms with E-state index in [2.05, 4.69) is 21.7 Å². The quantitative estimate of drug-likeness (QED) is 0.786. The Morgan fingerprint density at radius 3 is 3.06 bits per heavy atom. The number of rotatable bonds is 2. The number of pyridine rings is 1. The van der Waals surface area contributed by atoms with Crippen molar-refractivity contribution in [2.75, 3.05) is 18.4 Å². The van der Waals surface area contributed by atoms with E-state index in [1.165, 1.54) is 12.8 Å². The Bertz CT molecular complexity index is 358. The molecule has 2 N–H and O–H groups in total. The van der Waals surface area contributed by atoms with Crippen molar-refractivity contribution in [3.63, 3.8) is 0 Å². The maximum atomic E-state index is 8.67. The standard InChI is InChI=1S/C12H16N4/c13-8-10-3-4-12(15-9-10)16-11-2-1-6-14-7-5-11/h3-4,9,11,14H,1-2,5-7H2,(H,15,16). The number of anilines is 1. The van der Waals surface area contributed by atoms with Crippen LogP contribution in [-0.4, -0.2) is 24.1 Å². The Labute approximate surface area is 95.7 Å². The lowest BCUT2D eigenvalue weighted by Crippen LogP contribution is -2.21. The molecule has 0 amide bonds. The number of hydrogen-bond acceptors (Lipinski definition) is 4. The van der Waals surface area contributed by atoms with Crippen LogP contribution in [0.15, 0.2) is 18.3 Å². The van der Waals surface area contributed by atoms with Crippen molar-refractivity contribution in [1.29, 1.82) is 5.26 Å². The summed E-state index contributed by atoms with van der Waals surface area (Å²) in [5, 5.41) is 15.5. The Kier molecular flexibility index (Phi) is 3.73. The Morgan fingerprint density at radius 1 is 1.38 bits per heavy atom. The van der Waals surface area contributed by atoms with Gasteiger partial charge in [-0.3, -0.25) is 0 Å². The first-order chi connectivity index (χ1) is 7.88. The van der Waals surface area contributed by atoms with E-state index in [1.54, 1.807) is 12.3 Å². The summed E-state index contributed by atoms with van der Waals surface area (Å²) in [6.45, 7) is 2.17. The highest BCUT2D eigenvalue weighted by atomic mass is 15.0. The molecule has 0 aliphatic carbocycles. The lowest BCUT2D eigenvalue weighted by molar-refractivity contribution is 0.635. The maximum absolute atomic E-state index is 8.67. The second-order valence-electron chi connectivity index (χ2n) is 4.07. The molecular formula is C12H16N4. The van der Waals surface area contributed by atoms with Crippen molar-refractivity contribution in [3.05, 3.63) is 23.9 Å². The van der Waals surface area contributed by atoms with E-state index in [0.717, 1.165) is 25.3 Å². The zero-order chi connectivity index (χ0) is 11.2. The zero-order valence-corrected chi connectivity index (χ0v) is 9.24. The third-order valence-electron chi connectivity index (χ3n) is 2.82. The molecule has 0 aromatic carbocycles. The molecule has 4 heteroatoms. The fourth-order valence-corrected chi connectivity index (χ4v) is 1.92. The molecule has 0 bridgehead atoms. The van der Waals surface area contributed by atoms with Gasteiger partial charge in [0.25, 0.3) is 0 Å². The van der Waals surface area contributed by atoms with E-state index < -0.39 is 0 Å². The summed E-state index contributed by atoms with van der Waals surface area (Å²) in [6, 6.07) is 6.23. The highest BCUT2D eigenvalue weighted by Crippen LogP contribution is 2.12. The minimum absolute atomic E-state index is 0.496. The van der Waals surface area contributed by atoms with Crippen LogP contribution in [0.3, 0.4) is 0 Å². The van der Waals surface area contributed by atoms with Crippen LogP contribution < -0.4 is 10.6 Å². The molecule has 1 aromatic heterocycles. The maximum Gasteiger partial charge on any atom is 0.126 e. The van der Waals surface area contributed by atoms with E-state index in [4.69, 9.17) is 5.26 Å². The molecule has 16 heavy (non-hydrogen) atoms. The van der Waals surface area contributed by atoms with Gasteiger partial charge in [-0.2, -0.15) is 5.26 Å². The Balaban J connectivity index is 1.94. The summed E-state index contributed by atoms with van der Waals surface area (Å²) in [7, 11) is 0. The second kappa shape index (κ2) is 5.47. The number of nitriles is 1. The van der Waals surface area contributed by atoms with Gasteiger partial charge in [0.2, 0.25) is 0 Å². The van der Waals surface area contributed by atoms with Gasteiger partial charge in [-0.05, 0) is 44.5 Å². The summed E-state index contributed by atoms with van der Waals surface area (Å²) < 4.78 is 0. The highest BCUT2D eigenvalue weighted by Gasteiger charge is 2.11. The van der Waals surface area contributed by atoms with Crippen LogP contribution in [0.25, 0.3) is 0 Å². The van der Waals surface area contributed by atoms with Crippen molar-refractivity contribution in [2.24, 2.45) is 0 Å². The first kappa shape index (κ1) is 10.9. The van der Waals surface area contributed by atoms with Crippen molar-refractivity contribution < 1.29 is 0 Å². The SMILES string of the molecule is N#Cc1ccc(NC2CCCNCC2)nc1. The van der Waals surface area contributed by atoms with Gasteiger partial charge in [0.1, 0.15) is 11.9 Å². The molecule has 1 unspecified atom stereocenters. The summed E-state index contributed by atoms with van der Waals surface area (Å²) >= 11 is 0. The van der Waals surface area contributed by atoms with Gasteiger partial charge in [0.05, 0.1) is 5.56 Å². The molecule has 1 aliphatic heterocycles. The fourth-order valence-electron chi connectivity index (χ4n) is 1.92. The van der Waals surface area contributed by atoms with Crippen molar-refractivity contribution >= 4 is 5.82 Å². The zero-order valence-electron chi connectivity index (χ0n) is 9.24. The van der Waals surface area contributed by atoms with E-state index in [0.29, 0.717) is 11.6 Å². The molecule has 1 aromatic rings. The van der Waals surface area contributed by atoms with Crippen LogP contribution in [0.4, 0.5) is 5.82 Å². The van der Waals surface area contributed by atoms with Gasteiger partial charge in [-0.1, -0.05) is 0 Å². The molecule has 4 nitrogen and oxygen atoms in total. The van der Waals surface area contributed by atoms with Gasteiger partial charge >= 0.3 is 0 Å². The summed E-state index contributed by atoms with van der Waals surface area (Å²) in [6.07, 6.45) is 5.11. The molecule has 84 valence electrons. The highest BCUT2D eigenvalue weighted by molar-refractivity contribution is 5.39. The minimum Gasteiger partial charge on any atom is -0.367 e. The van der Waals surface area contributed by atoms with Crippen LogP contribution in [0.1, 0.15) is 24.8 Å². The molecule has 0 radical (unpaired) electrons. The van der Waals surface area contributed by atoms with E-state index in [1.807, 2.05) is 6.07 Å². The second-order valence-corrected chi connectivity index (χ2v) is 4.07. The summed E-state index contributed by atoms with van der Waals surface area (Å²) in [4.78, 5) is 4.22. The number of aromatic nitrogens is 1. The molecule has 2 heterocycles. The van der Waals surface area contributed by atoms with Gasteiger partial charge < -0.3 is 10.6 Å². The lowest BCUT2D eigenvalue weighted by Gasteiger charge is -2.16. The average molecular weight is 216 g/mol. The van der Waals surface area contributed by atoms with Crippen LogP contribution in [-0.2, 0) is 0 Å². The smallest absolute Gasteiger partial charge is 0.126 e. The number of nitrogens with one attached hydrogen (secondary N) is 2.